The van der Waals surface area contributed by atoms with Gasteiger partial charge in [-0.1, -0.05) is 0 Å². The molecular formula is C10H20IN3O. The fourth-order valence-corrected chi connectivity index (χ4v) is 2.49. The van der Waals surface area contributed by atoms with Gasteiger partial charge in [-0.05, 0) is 0 Å². The van der Waals surface area contributed by atoms with Crippen molar-refractivity contribution in [2.24, 2.45) is 0 Å². The van der Waals surface area contributed by atoms with E-state index in [2.05, 4.69) is 35.8 Å². The molecule has 2 aliphatic rings. The highest BCUT2D eigenvalue weighted by Gasteiger charge is 2.16. The van der Waals surface area contributed by atoms with Gasteiger partial charge in [0.05, 0.1) is 13.2 Å². The van der Waals surface area contributed by atoms with Gasteiger partial charge in [-0.3, -0.25) is 9.80 Å². The van der Waals surface area contributed by atoms with Crippen molar-refractivity contribution in [1.29, 1.82) is 0 Å². The second-order valence-electron chi connectivity index (χ2n) is 4.21. The van der Waals surface area contributed by atoms with E-state index in [1.54, 1.807) is 0 Å². The van der Waals surface area contributed by atoms with E-state index in [1.165, 1.54) is 39.3 Å². The summed E-state index contributed by atoms with van der Waals surface area (Å²) in [6.07, 6.45) is 0. The summed E-state index contributed by atoms with van der Waals surface area (Å²) in [5.74, 6) is 0. The lowest BCUT2D eigenvalue weighted by molar-refractivity contribution is 0.0321. The zero-order valence-corrected chi connectivity index (χ0v) is 11.4. The van der Waals surface area contributed by atoms with Crippen molar-refractivity contribution in [2.45, 2.75) is 0 Å². The molecule has 0 aromatic rings. The molecule has 2 heterocycles. The molecule has 0 saturated carbocycles. The highest BCUT2D eigenvalue weighted by atomic mass is 127. The number of halogens is 1. The minimum Gasteiger partial charge on any atom is -0.379 e. The quantitative estimate of drug-likeness (QED) is 0.548. The van der Waals surface area contributed by atoms with Gasteiger partial charge in [0, 0.05) is 75.2 Å². The molecule has 15 heavy (non-hydrogen) atoms. The number of morpholine rings is 1. The highest BCUT2D eigenvalue weighted by Crippen LogP contribution is 2.06. The second kappa shape index (κ2) is 6.34. The molecular weight excluding hydrogens is 305 g/mol. The van der Waals surface area contributed by atoms with Gasteiger partial charge in [0.25, 0.3) is 0 Å². The van der Waals surface area contributed by atoms with Crippen LogP contribution in [-0.2, 0) is 4.74 Å². The number of hydrogen-bond acceptors (Lipinski definition) is 4. The van der Waals surface area contributed by atoms with E-state index in [4.69, 9.17) is 4.74 Å². The second-order valence-corrected chi connectivity index (χ2v) is 5.57. The molecule has 5 heteroatoms. The predicted octanol–water partition coefficient (Wildman–Crippen LogP) is 0.286. The first-order valence-corrected chi connectivity index (χ1v) is 6.74. The Bertz CT molecular complexity index is 180. The van der Waals surface area contributed by atoms with Crippen molar-refractivity contribution < 1.29 is 4.74 Å². The summed E-state index contributed by atoms with van der Waals surface area (Å²) in [7, 11) is 0. The molecule has 0 bridgehead atoms. The monoisotopic (exact) mass is 325 g/mol. The first kappa shape index (κ1) is 12.0. The molecule has 2 fully saturated rings. The standard InChI is InChI=1S/C10H20IN3O/c11-14-5-3-12(4-6-14)1-2-13-7-9-15-10-8-13/h1-10H2. The van der Waals surface area contributed by atoms with Crippen LogP contribution in [0, 0.1) is 0 Å². The Hall–Kier alpha value is 0.570. The molecule has 0 spiro atoms. The minimum absolute atomic E-state index is 0.918. The van der Waals surface area contributed by atoms with Crippen LogP contribution in [0.1, 0.15) is 0 Å². The maximum absolute atomic E-state index is 5.34. The summed E-state index contributed by atoms with van der Waals surface area (Å²) in [5.41, 5.74) is 0. The van der Waals surface area contributed by atoms with E-state index in [0.29, 0.717) is 0 Å². The van der Waals surface area contributed by atoms with Crippen LogP contribution >= 0.6 is 22.9 Å². The lowest BCUT2D eigenvalue weighted by Crippen LogP contribution is -2.46. The Balaban J connectivity index is 1.60. The molecule has 0 radical (unpaired) electrons. The molecule has 88 valence electrons. The third-order valence-electron chi connectivity index (χ3n) is 3.15. The average molecular weight is 325 g/mol. The molecule has 0 N–H and O–H groups in total. The van der Waals surface area contributed by atoms with E-state index < -0.39 is 0 Å². The van der Waals surface area contributed by atoms with Gasteiger partial charge < -0.3 is 4.74 Å². The van der Waals surface area contributed by atoms with E-state index in [9.17, 15) is 0 Å². The van der Waals surface area contributed by atoms with E-state index in [-0.39, 0.29) is 0 Å². The Morgan fingerprint density at radius 2 is 1.33 bits per heavy atom. The number of hydrogen-bond donors (Lipinski definition) is 0. The van der Waals surface area contributed by atoms with Crippen LogP contribution in [0.15, 0.2) is 0 Å². The summed E-state index contributed by atoms with van der Waals surface area (Å²) in [5, 5.41) is 0. The van der Waals surface area contributed by atoms with Crippen LogP contribution in [0.5, 0.6) is 0 Å². The van der Waals surface area contributed by atoms with Crippen molar-refractivity contribution in [1.82, 2.24) is 12.9 Å². The SMILES string of the molecule is IN1CCN(CCN2CCOCC2)CC1. The lowest BCUT2D eigenvalue weighted by Gasteiger charge is -2.34. The third kappa shape index (κ3) is 4.14. The largest absolute Gasteiger partial charge is 0.379 e. The van der Waals surface area contributed by atoms with Crippen molar-refractivity contribution >= 4 is 22.9 Å². The van der Waals surface area contributed by atoms with Crippen LogP contribution < -0.4 is 0 Å². The Labute approximate surface area is 106 Å². The Kier molecular flexibility index (Phi) is 5.09. The van der Waals surface area contributed by atoms with Gasteiger partial charge in [-0.25, -0.2) is 3.11 Å². The summed E-state index contributed by atoms with van der Waals surface area (Å²) in [6.45, 7) is 11.4. The predicted molar refractivity (Wildman–Crippen MR) is 69.3 cm³/mol. The maximum Gasteiger partial charge on any atom is 0.0594 e. The first-order valence-electron chi connectivity index (χ1n) is 5.78. The third-order valence-corrected chi connectivity index (χ3v) is 4.12. The van der Waals surface area contributed by atoms with Crippen LogP contribution in [0.4, 0.5) is 0 Å². The molecule has 0 aromatic heterocycles. The summed E-state index contributed by atoms with van der Waals surface area (Å²) in [6, 6.07) is 0. The molecule has 0 aromatic carbocycles. The van der Waals surface area contributed by atoms with Crippen LogP contribution in [-0.4, -0.2) is 78.5 Å². The van der Waals surface area contributed by atoms with Crippen LogP contribution in [0.2, 0.25) is 0 Å². The normalized spacial score (nSPS) is 27.0. The molecule has 0 aliphatic carbocycles. The van der Waals surface area contributed by atoms with Crippen molar-refractivity contribution in [3.63, 3.8) is 0 Å². The molecule has 4 nitrogen and oxygen atoms in total. The smallest absolute Gasteiger partial charge is 0.0594 e. The Morgan fingerprint density at radius 1 is 0.800 bits per heavy atom. The zero-order valence-electron chi connectivity index (χ0n) is 9.20. The molecule has 2 rings (SSSR count). The zero-order chi connectivity index (χ0) is 10.5. The van der Waals surface area contributed by atoms with Gasteiger partial charge in [0.2, 0.25) is 0 Å². The number of rotatable bonds is 3. The van der Waals surface area contributed by atoms with Gasteiger partial charge in [0.15, 0.2) is 0 Å². The summed E-state index contributed by atoms with van der Waals surface area (Å²) in [4.78, 5) is 5.09. The van der Waals surface area contributed by atoms with Gasteiger partial charge >= 0.3 is 0 Å². The summed E-state index contributed by atoms with van der Waals surface area (Å²) < 4.78 is 7.72. The molecule has 2 saturated heterocycles. The van der Waals surface area contributed by atoms with E-state index in [0.717, 1.165) is 26.3 Å². The highest BCUT2D eigenvalue weighted by molar-refractivity contribution is 14.1. The minimum atomic E-state index is 0.918. The number of ether oxygens (including phenoxy) is 1. The molecule has 2 aliphatic heterocycles. The number of piperazine rings is 1. The van der Waals surface area contributed by atoms with Crippen LogP contribution in [0.25, 0.3) is 0 Å². The van der Waals surface area contributed by atoms with Crippen molar-refractivity contribution in [2.75, 3.05) is 65.6 Å². The lowest BCUT2D eigenvalue weighted by atomic mass is 10.3. The average Bonchev–Trinajstić information content (AvgIpc) is 2.30. The molecule has 0 atom stereocenters. The first-order chi connectivity index (χ1) is 7.34. The maximum atomic E-state index is 5.34. The Morgan fingerprint density at radius 3 is 1.93 bits per heavy atom. The number of nitrogens with zero attached hydrogens (tertiary/aromatic N) is 3. The fourth-order valence-electron chi connectivity index (χ4n) is 2.05. The molecule has 0 unspecified atom stereocenters. The van der Waals surface area contributed by atoms with Crippen molar-refractivity contribution in [3.05, 3.63) is 0 Å². The van der Waals surface area contributed by atoms with Gasteiger partial charge in [-0.15, -0.1) is 0 Å². The van der Waals surface area contributed by atoms with Gasteiger partial charge in [-0.2, -0.15) is 0 Å². The van der Waals surface area contributed by atoms with Crippen molar-refractivity contribution in [3.8, 4) is 0 Å². The fraction of sp³-hybridized carbons (Fsp3) is 1.00. The van der Waals surface area contributed by atoms with Crippen LogP contribution in [0.3, 0.4) is 0 Å². The van der Waals surface area contributed by atoms with E-state index in [1.807, 2.05) is 0 Å². The summed E-state index contributed by atoms with van der Waals surface area (Å²) >= 11 is 2.42. The van der Waals surface area contributed by atoms with Gasteiger partial charge in [0.1, 0.15) is 0 Å². The molecule has 0 amide bonds. The van der Waals surface area contributed by atoms with E-state index >= 15 is 0 Å². The topological polar surface area (TPSA) is 19.0 Å².